The second-order valence-corrected chi connectivity index (χ2v) is 5.29. The van der Waals surface area contributed by atoms with Crippen LogP contribution in [0.5, 0.6) is 0 Å². The number of nitrogens with zero attached hydrogens (tertiary/aromatic N) is 1. The van der Waals surface area contributed by atoms with Crippen LogP contribution in [0, 0.1) is 0 Å². The van der Waals surface area contributed by atoms with Gasteiger partial charge in [-0.05, 0) is 39.3 Å². The van der Waals surface area contributed by atoms with E-state index >= 15 is 0 Å². The van der Waals surface area contributed by atoms with Gasteiger partial charge in [-0.25, -0.2) is 0 Å². The highest BCUT2D eigenvalue weighted by atomic mass is 16.7. The van der Waals surface area contributed by atoms with E-state index in [1.165, 1.54) is 0 Å². The van der Waals surface area contributed by atoms with Crippen LogP contribution in [0.15, 0.2) is 18.3 Å². The van der Waals surface area contributed by atoms with Gasteiger partial charge in [-0.1, -0.05) is 6.07 Å². The summed E-state index contributed by atoms with van der Waals surface area (Å²) in [4.78, 5) is 4.25. The third kappa shape index (κ3) is 2.10. The number of hydrogen-bond acceptors (Lipinski definition) is 4. The molecule has 1 fully saturated rings. The molecule has 0 amide bonds. The summed E-state index contributed by atoms with van der Waals surface area (Å²) in [5, 5.41) is 9.29. The fourth-order valence-corrected chi connectivity index (χ4v) is 1.75. The van der Waals surface area contributed by atoms with Crippen molar-refractivity contribution in [2.45, 2.75) is 45.5 Å². The molecule has 0 radical (unpaired) electrons. The fourth-order valence-electron chi connectivity index (χ4n) is 1.75. The molecule has 0 atom stereocenters. The van der Waals surface area contributed by atoms with Crippen molar-refractivity contribution in [1.82, 2.24) is 4.98 Å². The molecule has 0 unspecified atom stereocenters. The maximum atomic E-state index is 9.29. The quantitative estimate of drug-likeness (QED) is 0.773. The Labute approximate surface area is 102 Å². The van der Waals surface area contributed by atoms with Crippen LogP contribution in [0.25, 0.3) is 0 Å². The summed E-state index contributed by atoms with van der Waals surface area (Å²) in [6.07, 6.45) is 1.68. The number of hydrogen-bond donors (Lipinski definition) is 1. The van der Waals surface area contributed by atoms with Crippen LogP contribution in [0.3, 0.4) is 0 Å². The molecule has 1 aliphatic heterocycles. The van der Waals surface area contributed by atoms with Gasteiger partial charge < -0.3 is 14.4 Å². The van der Waals surface area contributed by atoms with Gasteiger partial charge in [0.1, 0.15) is 0 Å². The van der Waals surface area contributed by atoms with Gasteiger partial charge in [-0.2, -0.15) is 0 Å². The topological polar surface area (TPSA) is 51.6 Å². The first-order chi connectivity index (χ1) is 7.87. The molecule has 1 aliphatic rings. The van der Waals surface area contributed by atoms with Crippen LogP contribution >= 0.6 is 0 Å². The number of aliphatic hydroxyl groups excluding tert-OH is 1. The van der Waals surface area contributed by atoms with E-state index in [0.29, 0.717) is 5.59 Å². The maximum absolute atomic E-state index is 9.29. The Morgan fingerprint density at radius 3 is 2.35 bits per heavy atom. The van der Waals surface area contributed by atoms with E-state index in [4.69, 9.17) is 9.31 Å². The van der Waals surface area contributed by atoms with E-state index in [9.17, 15) is 5.11 Å². The Morgan fingerprint density at radius 2 is 1.82 bits per heavy atom. The Kier molecular flexibility index (Phi) is 3.02. The molecule has 0 aromatic carbocycles. The second-order valence-electron chi connectivity index (χ2n) is 5.29. The zero-order valence-electron chi connectivity index (χ0n) is 10.7. The zero-order valence-corrected chi connectivity index (χ0v) is 10.7. The third-order valence-electron chi connectivity index (χ3n) is 3.57. The number of pyridine rings is 1. The first-order valence-corrected chi connectivity index (χ1v) is 5.78. The van der Waals surface area contributed by atoms with Crippen molar-refractivity contribution in [1.29, 1.82) is 0 Å². The highest BCUT2D eigenvalue weighted by Gasteiger charge is 2.52. The average Bonchev–Trinajstić information content (AvgIpc) is 2.48. The Balaban J connectivity index is 2.32. The zero-order chi connectivity index (χ0) is 12.7. The van der Waals surface area contributed by atoms with Crippen LogP contribution in [0.4, 0.5) is 0 Å². The molecule has 0 saturated carbocycles. The predicted octanol–water partition coefficient (Wildman–Crippen LogP) is 0.873. The van der Waals surface area contributed by atoms with Crippen LogP contribution in [0.2, 0.25) is 0 Å². The molecule has 2 heterocycles. The molecule has 1 aromatic rings. The van der Waals surface area contributed by atoms with Crippen molar-refractivity contribution in [3.05, 3.63) is 23.9 Å². The lowest BCUT2D eigenvalue weighted by atomic mass is 9.81. The van der Waals surface area contributed by atoms with Crippen molar-refractivity contribution >= 4 is 12.7 Å². The summed E-state index contributed by atoms with van der Waals surface area (Å²) >= 11 is 0. The van der Waals surface area contributed by atoms with E-state index in [0.717, 1.165) is 5.56 Å². The van der Waals surface area contributed by atoms with Gasteiger partial charge >= 0.3 is 7.12 Å². The van der Waals surface area contributed by atoms with E-state index in [1.807, 2.05) is 33.8 Å². The maximum Gasteiger partial charge on any atom is 0.514 e. The van der Waals surface area contributed by atoms with Crippen LogP contribution < -0.4 is 5.59 Å². The third-order valence-corrected chi connectivity index (χ3v) is 3.57. The number of rotatable bonds is 2. The highest BCUT2D eigenvalue weighted by molar-refractivity contribution is 6.61. The van der Waals surface area contributed by atoms with Crippen LogP contribution in [-0.2, 0) is 15.9 Å². The molecule has 1 N–H and O–H groups in total. The minimum atomic E-state index is -0.511. The largest absolute Gasteiger partial charge is 0.514 e. The van der Waals surface area contributed by atoms with Crippen molar-refractivity contribution in [3.8, 4) is 0 Å². The number of aromatic nitrogens is 1. The van der Waals surface area contributed by atoms with Gasteiger partial charge in [-0.15, -0.1) is 0 Å². The summed E-state index contributed by atoms with van der Waals surface area (Å²) < 4.78 is 11.8. The van der Waals surface area contributed by atoms with E-state index < -0.39 is 7.12 Å². The van der Waals surface area contributed by atoms with Gasteiger partial charge in [0, 0.05) is 6.20 Å². The Bertz CT molecular complexity index is 404. The molecule has 17 heavy (non-hydrogen) atoms. The van der Waals surface area contributed by atoms with Gasteiger partial charge in [0.15, 0.2) is 0 Å². The monoisotopic (exact) mass is 235 g/mol. The van der Waals surface area contributed by atoms with Crippen LogP contribution in [0.1, 0.15) is 33.3 Å². The first-order valence-electron chi connectivity index (χ1n) is 5.78. The highest BCUT2D eigenvalue weighted by Crippen LogP contribution is 2.36. The standard InChI is InChI=1S/C12H18BNO3/c1-11(2)12(3,4)17-13(16-11)10-9(8-15)6-5-7-14-10/h5-7,15H,8H2,1-4H3. The molecule has 5 heteroatoms. The lowest BCUT2D eigenvalue weighted by Crippen LogP contribution is -2.41. The molecule has 1 saturated heterocycles. The van der Waals surface area contributed by atoms with E-state index in [1.54, 1.807) is 12.3 Å². The lowest BCUT2D eigenvalue weighted by molar-refractivity contribution is 0.00578. The molecular formula is C12H18BNO3. The van der Waals surface area contributed by atoms with Crippen LogP contribution in [-0.4, -0.2) is 28.4 Å². The Hall–Kier alpha value is -0.905. The fraction of sp³-hybridized carbons (Fsp3) is 0.583. The molecule has 92 valence electrons. The average molecular weight is 235 g/mol. The molecule has 2 rings (SSSR count). The van der Waals surface area contributed by atoms with Crippen molar-refractivity contribution < 1.29 is 14.4 Å². The minimum absolute atomic E-state index is 0.0623. The second kappa shape index (κ2) is 4.08. The molecule has 4 nitrogen and oxygen atoms in total. The van der Waals surface area contributed by atoms with Crippen molar-refractivity contribution in [2.75, 3.05) is 0 Å². The van der Waals surface area contributed by atoms with Crippen molar-refractivity contribution in [3.63, 3.8) is 0 Å². The smallest absolute Gasteiger partial charge is 0.398 e. The molecule has 1 aromatic heterocycles. The number of aliphatic hydroxyl groups is 1. The molecule has 0 spiro atoms. The van der Waals surface area contributed by atoms with E-state index in [-0.39, 0.29) is 17.8 Å². The predicted molar refractivity (Wildman–Crippen MR) is 65.9 cm³/mol. The van der Waals surface area contributed by atoms with Crippen molar-refractivity contribution in [2.24, 2.45) is 0 Å². The first kappa shape index (κ1) is 12.5. The summed E-state index contributed by atoms with van der Waals surface area (Å²) in [7, 11) is -0.511. The summed E-state index contributed by atoms with van der Waals surface area (Å²) in [5.74, 6) is 0. The van der Waals surface area contributed by atoms with Gasteiger partial charge in [-0.3, -0.25) is 4.98 Å². The van der Waals surface area contributed by atoms with Gasteiger partial charge in [0.2, 0.25) is 0 Å². The summed E-state index contributed by atoms with van der Waals surface area (Å²) in [5.41, 5.74) is 0.628. The normalized spacial score (nSPS) is 21.8. The molecule has 0 bridgehead atoms. The Morgan fingerprint density at radius 1 is 1.24 bits per heavy atom. The van der Waals surface area contributed by atoms with E-state index in [2.05, 4.69) is 4.98 Å². The molecular weight excluding hydrogens is 217 g/mol. The summed E-state index contributed by atoms with van der Waals surface area (Å²) in [6, 6.07) is 3.62. The van der Waals surface area contributed by atoms with Gasteiger partial charge in [0.05, 0.1) is 23.4 Å². The molecule has 0 aliphatic carbocycles. The summed E-state index contributed by atoms with van der Waals surface area (Å²) in [6.45, 7) is 7.92. The SMILES string of the molecule is CC1(C)OB(c2ncccc2CO)OC1(C)C. The van der Waals surface area contributed by atoms with Gasteiger partial charge in [0.25, 0.3) is 0 Å². The lowest BCUT2D eigenvalue weighted by Gasteiger charge is -2.32. The minimum Gasteiger partial charge on any atom is -0.398 e.